The first kappa shape index (κ1) is 26.3. The summed E-state index contributed by atoms with van der Waals surface area (Å²) >= 11 is 12.3. The van der Waals surface area contributed by atoms with Crippen molar-refractivity contribution in [2.24, 2.45) is 4.99 Å². The third-order valence-corrected chi connectivity index (χ3v) is 4.68. The van der Waals surface area contributed by atoms with Crippen molar-refractivity contribution in [1.82, 2.24) is 10.6 Å². The Bertz CT molecular complexity index is 893. The molecule has 0 spiro atoms. The van der Waals surface area contributed by atoms with Crippen LogP contribution in [0, 0.1) is 0 Å². The predicted octanol–water partition coefficient (Wildman–Crippen LogP) is 5.39. The second kappa shape index (κ2) is 12.9. The zero-order valence-corrected chi connectivity index (χ0v) is 21.2. The maximum atomic E-state index is 11.4. The van der Waals surface area contributed by atoms with E-state index in [1.54, 1.807) is 13.2 Å². The normalized spacial score (nSPS) is 11.9. The van der Waals surface area contributed by atoms with Crippen molar-refractivity contribution in [3.63, 3.8) is 0 Å². The standard InChI is InChI=1S/C21H26Cl2N4O2.HI/c1-5-24-21(26-13(2)17-8-7-16(22)11-18(17)23)25-12-15-6-9-20(29-4)19(10-15)27-14(3)28;/h6-11,13H,5,12H2,1-4H3,(H,27,28)(H2,24,25,26);1H. The van der Waals surface area contributed by atoms with Crippen LogP contribution < -0.4 is 20.7 Å². The summed E-state index contributed by atoms with van der Waals surface area (Å²) in [7, 11) is 1.56. The topological polar surface area (TPSA) is 74.8 Å². The minimum Gasteiger partial charge on any atom is -0.495 e. The number of guanidine groups is 1. The van der Waals surface area contributed by atoms with Crippen molar-refractivity contribution in [2.45, 2.75) is 33.4 Å². The van der Waals surface area contributed by atoms with Crippen molar-refractivity contribution in [3.05, 3.63) is 57.6 Å². The summed E-state index contributed by atoms with van der Waals surface area (Å²) in [5.74, 6) is 1.10. The first-order chi connectivity index (χ1) is 13.8. The summed E-state index contributed by atoms with van der Waals surface area (Å²) in [5, 5.41) is 10.6. The van der Waals surface area contributed by atoms with E-state index in [2.05, 4.69) is 20.9 Å². The molecule has 6 nitrogen and oxygen atoms in total. The van der Waals surface area contributed by atoms with Gasteiger partial charge in [0.05, 0.1) is 25.4 Å². The van der Waals surface area contributed by atoms with Crippen molar-refractivity contribution in [2.75, 3.05) is 19.0 Å². The summed E-state index contributed by atoms with van der Waals surface area (Å²) in [6.07, 6.45) is 0. The SMILES string of the molecule is CCNC(=NCc1ccc(OC)c(NC(C)=O)c1)NC(C)c1ccc(Cl)cc1Cl.I. The van der Waals surface area contributed by atoms with Crippen LogP contribution in [0.3, 0.4) is 0 Å². The highest BCUT2D eigenvalue weighted by atomic mass is 127. The number of halogens is 3. The van der Waals surface area contributed by atoms with E-state index in [-0.39, 0.29) is 35.9 Å². The van der Waals surface area contributed by atoms with E-state index in [0.29, 0.717) is 40.5 Å². The number of carbonyl (C=O) groups excluding carboxylic acids is 1. The number of nitrogens with zero attached hydrogens (tertiary/aromatic N) is 1. The molecule has 1 atom stereocenters. The van der Waals surface area contributed by atoms with E-state index in [1.807, 2.05) is 44.2 Å². The Kier molecular flexibility index (Phi) is 11.3. The number of rotatable bonds is 7. The Balaban J connectivity index is 0.00000450. The lowest BCUT2D eigenvalue weighted by atomic mass is 10.1. The van der Waals surface area contributed by atoms with Crippen molar-refractivity contribution >= 4 is 64.7 Å². The number of ether oxygens (including phenoxy) is 1. The quantitative estimate of drug-likeness (QED) is 0.239. The molecule has 0 saturated heterocycles. The summed E-state index contributed by atoms with van der Waals surface area (Å²) in [6, 6.07) is 10.9. The highest BCUT2D eigenvalue weighted by molar-refractivity contribution is 14.0. The second-order valence-electron chi connectivity index (χ2n) is 6.44. The van der Waals surface area contributed by atoms with Gasteiger partial charge >= 0.3 is 0 Å². The molecule has 0 aliphatic rings. The number of hydrogen-bond donors (Lipinski definition) is 3. The summed E-state index contributed by atoms with van der Waals surface area (Å²) in [5.41, 5.74) is 2.48. The maximum Gasteiger partial charge on any atom is 0.221 e. The van der Waals surface area contributed by atoms with Gasteiger partial charge in [0.15, 0.2) is 5.96 Å². The van der Waals surface area contributed by atoms with Gasteiger partial charge in [-0.05, 0) is 49.2 Å². The Morgan fingerprint density at radius 2 is 1.93 bits per heavy atom. The highest BCUT2D eigenvalue weighted by Gasteiger charge is 2.12. The van der Waals surface area contributed by atoms with Crippen LogP contribution in [0.4, 0.5) is 5.69 Å². The molecule has 0 aliphatic carbocycles. The average molecular weight is 565 g/mol. The van der Waals surface area contributed by atoms with Gasteiger partial charge in [0, 0.05) is 23.5 Å². The lowest BCUT2D eigenvalue weighted by Gasteiger charge is -2.19. The molecule has 2 aromatic rings. The molecular weight excluding hydrogens is 538 g/mol. The van der Waals surface area contributed by atoms with Gasteiger partial charge in [0.25, 0.3) is 0 Å². The molecule has 0 bridgehead atoms. The molecule has 2 rings (SSSR count). The monoisotopic (exact) mass is 564 g/mol. The number of carbonyl (C=O) groups is 1. The van der Waals surface area contributed by atoms with E-state index >= 15 is 0 Å². The van der Waals surface area contributed by atoms with Crippen LogP contribution in [-0.2, 0) is 11.3 Å². The Morgan fingerprint density at radius 3 is 2.53 bits per heavy atom. The predicted molar refractivity (Wildman–Crippen MR) is 136 cm³/mol. The fourth-order valence-corrected chi connectivity index (χ4v) is 3.34. The molecular formula is C21H27Cl2IN4O2. The van der Waals surface area contributed by atoms with E-state index in [0.717, 1.165) is 11.1 Å². The Labute approximate surface area is 204 Å². The molecule has 0 aliphatic heterocycles. The average Bonchev–Trinajstić information content (AvgIpc) is 2.66. The van der Waals surface area contributed by atoms with Crippen LogP contribution in [0.2, 0.25) is 10.0 Å². The molecule has 1 amide bonds. The molecule has 0 radical (unpaired) electrons. The largest absolute Gasteiger partial charge is 0.495 e. The number of amides is 1. The molecule has 0 saturated carbocycles. The van der Waals surface area contributed by atoms with Gasteiger partial charge < -0.3 is 20.7 Å². The van der Waals surface area contributed by atoms with Gasteiger partial charge in [-0.25, -0.2) is 4.99 Å². The summed E-state index contributed by atoms with van der Waals surface area (Å²) < 4.78 is 5.29. The third-order valence-electron chi connectivity index (χ3n) is 4.12. The van der Waals surface area contributed by atoms with E-state index < -0.39 is 0 Å². The maximum absolute atomic E-state index is 11.4. The van der Waals surface area contributed by atoms with Crippen molar-refractivity contribution in [3.8, 4) is 5.75 Å². The first-order valence-electron chi connectivity index (χ1n) is 9.28. The second-order valence-corrected chi connectivity index (χ2v) is 7.29. The fraction of sp³-hybridized carbons (Fsp3) is 0.333. The molecule has 3 N–H and O–H groups in total. The molecule has 2 aromatic carbocycles. The lowest BCUT2D eigenvalue weighted by Crippen LogP contribution is -2.38. The lowest BCUT2D eigenvalue weighted by molar-refractivity contribution is -0.114. The van der Waals surface area contributed by atoms with Crippen LogP contribution in [0.1, 0.15) is 37.9 Å². The van der Waals surface area contributed by atoms with Gasteiger partial charge in [0.1, 0.15) is 5.75 Å². The fourth-order valence-electron chi connectivity index (χ4n) is 2.77. The van der Waals surface area contributed by atoms with Crippen LogP contribution in [0.15, 0.2) is 41.4 Å². The molecule has 164 valence electrons. The number of benzene rings is 2. The minimum atomic E-state index is -0.160. The van der Waals surface area contributed by atoms with Crippen LogP contribution in [-0.4, -0.2) is 25.5 Å². The van der Waals surface area contributed by atoms with Gasteiger partial charge in [-0.2, -0.15) is 0 Å². The molecule has 0 heterocycles. The van der Waals surface area contributed by atoms with Gasteiger partial charge in [-0.3, -0.25) is 4.79 Å². The number of anilines is 1. The molecule has 0 aromatic heterocycles. The number of nitrogens with one attached hydrogen (secondary N) is 3. The van der Waals surface area contributed by atoms with Crippen molar-refractivity contribution in [1.29, 1.82) is 0 Å². The van der Waals surface area contributed by atoms with E-state index in [9.17, 15) is 4.79 Å². The Hall–Kier alpha value is -1.71. The van der Waals surface area contributed by atoms with Gasteiger partial charge in [-0.15, -0.1) is 24.0 Å². The zero-order valence-electron chi connectivity index (χ0n) is 17.4. The summed E-state index contributed by atoms with van der Waals surface area (Å²) in [4.78, 5) is 16.1. The number of aliphatic imine (C=N–C) groups is 1. The van der Waals surface area contributed by atoms with Crippen LogP contribution in [0.5, 0.6) is 5.75 Å². The first-order valence-corrected chi connectivity index (χ1v) is 10.0. The van der Waals surface area contributed by atoms with E-state index in [4.69, 9.17) is 27.9 Å². The highest BCUT2D eigenvalue weighted by Crippen LogP contribution is 2.27. The van der Waals surface area contributed by atoms with E-state index in [1.165, 1.54) is 6.92 Å². The Morgan fingerprint density at radius 1 is 1.20 bits per heavy atom. The molecule has 1 unspecified atom stereocenters. The number of methoxy groups -OCH3 is 1. The van der Waals surface area contributed by atoms with Gasteiger partial charge in [0.2, 0.25) is 5.91 Å². The molecule has 9 heteroatoms. The third kappa shape index (κ3) is 7.85. The molecule has 30 heavy (non-hydrogen) atoms. The number of hydrogen-bond acceptors (Lipinski definition) is 3. The van der Waals surface area contributed by atoms with Gasteiger partial charge in [-0.1, -0.05) is 35.3 Å². The van der Waals surface area contributed by atoms with Crippen LogP contribution in [0.25, 0.3) is 0 Å². The minimum absolute atomic E-state index is 0. The van der Waals surface area contributed by atoms with Crippen molar-refractivity contribution < 1.29 is 9.53 Å². The summed E-state index contributed by atoms with van der Waals surface area (Å²) in [6.45, 7) is 6.60. The smallest absolute Gasteiger partial charge is 0.221 e. The zero-order chi connectivity index (χ0) is 21.4. The van der Waals surface area contributed by atoms with Crippen LogP contribution >= 0.6 is 47.2 Å². The molecule has 0 fully saturated rings.